The van der Waals surface area contributed by atoms with Crippen LogP contribution in [0, 0.1) is 0 Å². The van der Waals surface area contributed by atoms with Gasteiger partial charge in [-0.2, -0.15) is 0 Å². The Balaban J connectivity index is 1.74. The van der Waals surface area contributed by atoms with E-state index in [2.05, 4.69) is 5.32 Å². The molecule has 3 aromatic carbocycles. The lowest BCUT2D eigenvalue weighted by Gasteiger charge is -2.15. The summed E-state index contributed by atoms with van der Waals surface area (Å²) in [6, 6.07) is 21.2. The van der Waals surface area contributed by atoms with Crippen molar-refractivity contribution in [1.29, 1.82) is 0 Å². The predicted octanol–water partition coefficient (Wildman–Crippen LogP) is 5.39. The molecule has 5 nitrogen and oxygen atoms in total. The first kappa shape index (κ1) is 21.0. The number of amides is 2. The molecule has 1 N–H and O–H groups in total. The first-order valence-electron chi connectivity index (χ1n) is 9.49. The molecule has 156 valence electrons. The van der Waals surface area contributed by atoms with E-state index in [0.29, 0.717) is 27.0 Å². The second-order valence-electron chi connectivity index (χ2n) is 6.91. The van der Waals surface area contributed by atoms with E-state index in [4.69, 9.17) is 27.9 Å². The maximum Gasteiger partial charge on any atom is 0.278 e. The summed E-state index contributed by atoms with van der Waals surface area (Å²) in [5.41, 5.74) is 2.48. The molecule has 0 atom stereocenters. The zero-order valence-electron chi connectivity index (χ0n) is 16.6. The van der Waals surface area contributed by atoms with Gasteiger partial charge in [-0.05, 0) is 41.5 Å². The van der Waals surface area contributed by atoms with Crippen molar-refractivity contribution in [1.82, 2.24) is 4.90 Å². The number of nitrogens with one attached hydrogen (secondary N) is 1. The van der Waals surface area contributed by atoms with Crippen molar-refractivity contribution in [2.24, 2.45) is 0 Å². The molecule has 0 aromatic heterocycles. The van der Waals surface area contributed by atoms with Crippen LogP contribution in [0.5, 0.6) is 5.75 Å². The lowest BCUT2D eigenvalue weighted by atomic mass is 10.0. The van der Waals surface area contributed by atoms with Crippen molar-refractivity contribution < 1.29 is 14.3 Å². The zero-order chi connectivity index (χ0) is 22.0. The van der Waals surface area contributed by atoms with Gasteiger partial charge in [0, 0.05) is 10.7 Å². The average molecular weight is 453 g/mol. The van der Waals surface area contributed by atoms with Crippen molar-refractivity contribution >= 4 is 46.3 Å². The molecule has 0 bridgehead atoms. The SMILES string of the molecule is COc1ccc(NC2=C(c3ccc(Cl)cc3)C(=O)N(Cc3ccccc3)C2=O)cc1Cl. The van der Waals surface area contributed by atoms with Gasteiger partial charge in [-0.25, -0.2) is 0 Å². The molecule has 0 unspecified atom stereocenters. The third-order valence-corrected chi connectivity index (χ3v) is 5.45. The van der Waals surface area contributed by atoms with Crippen LogP contribution in [0.2, 0.25) is 10.0 Å². The average Bonchev–Trinajstić information content (AvgIpc) is 3.00. The molecule has 0 saturated carbocycles. The number of ether oxygens (including phenoxy) is 1. The number of nitrogens with zero attached hydrogens (tertiary/aromatic N) is 1. The Morgan fingerprint density at radius 3 is 2.26 bits per heavy atom. The molecular weight excluding hydrogens is 435 g/mol. The minimum atomic E-state index is -0.411. The maximum absolute atomic E-state index is 13.3. The van der Waals surface area contributed by atoms with Crippen LogP contribution in [0.3, 0.4) is 0 Å². The molecular formula is C24H18Cl2N2O3. The van der Waals surface area contributed by atoms with Crippen LogP contribution in [0.1, 0.15) is 11.1 Å². The lowest BCUT2D eigenvalue weighted by molar-refractivity contribution is -0.137. The van der Waals surface area contributed by atoms with Gasteiger partial charge >= 0.3 is 0 Å². The van der Waals surface area contributed by atoms with Crippen molar-refractivity contribution in [3.8, 4) is 5.75 Å². The van der Waals surface area contributed by atoms with Gasteiger partial charge < -0.3 is 10.1 Å². The van der Waals surface area contributed by atoms with Crippen molar-refractivity contribution in [3.05, 3.63) is 99.7 Å². The quantitative estimate of drug-likeness (QED) is 0.509. The largest absolute Gasteiger partial charge is 0.495 e. The van der Waals surface area contributed by atoms with E-state index in [9.17, 15) is 9.59 Å². The Hall–Kier alpha value is -3.28. The number of hydrogen-bond donors (Lipinski definition) is 1. The van der Waals surface area contributed by atoms with Gasteiger partial charge in [0.15, 0.2) is 0 Å². The second kappa shape index (κ2) is 8.84. The van der Waals surface area contributed by atoms with E-state index in [0.717, 1.165) is 5.56 Å². The summed E-state index contributed by atoms with van der Waals surface area (Å²) in [7, 11) is 1.52. The smallest absolute Gasteiger partial charge is 0.278 e. The molecule has 31 heavy (non-hydrogen) atoms. The topological polar surface area (TPSA) is 58.6 Å². The van der Waals surface area contributed by atoms with Crippen LogP contribution in [0.25, 0.3) is 5.57 Å². The maximum atomic E-state index is 13.3. The van der Waals surface area contributed by atoms with E-state index in [-0.39, 0.29) is 23.7 Å². The highest BCUT2D eigenvalue weighted by atomic mass is 35.5. The number of carbonyl (C=O) groups is 2. The van der Waals surface area contributed by atoms with E-state index >= 15 is 0 Å². The van der Waals surface area contributed by atoms with Gasteiger partial charge in [-0.3, -0.25) is 14.5 Å². The van der Waals surface area contributed by atoms with E-state index in [1.54, 1.807) is 42.5 Å². The standard InChI is InChI=1S/C24H18Cl2N2O3/c1-31-20-12-11-18(13-19(20)26)27-22-21(16-7-9-17(25)10-8-16)23(29)28(24(22)30)14-15-5-3-2-4-6-15/h2-13,27H,14H2,1H3. The van der Waals surface area contributed by atoms with Gasteiger partial charge in [0.2, 0.25) is 0 Å². The highest BCUT2D eigenvalue weighted by Crippen LogP contribution is 2.34. The summed E-state index contributed by atoms with van der Waals surface area (Å²) in [5, 5.41) is 4.02. The van der Waals surface area contributed by atoms with Crippen LogP contribution in [0.15, 0.2) is 78.5 Å². The highest BCUT2D eigenvalue weighted by Gasteiger charge is 2.39. The Morgan fingerprint density at radius 2 is 1.61 bits per heavy atom. The molecule has 0 radical (unpaired) electrons. The predicted molar refractivity (Wildman–Crippen MR) is 122 cm³/mol. The molecule has 1 aliphatic heterocycles. The molecule has 1 aliphatic rings. The number of methoxy groups -OCH3 is 1. The summed E-state index contributed by atoms with van der Waals surface area (Å²) in [5.74, 6) is -0.275. The van der Waals surface area contributed by atoms with Crippen LogP contribution in [-0.2, 0) is 16.1 Å². The van der Waals surface area contributed by atoms with Gasteiger partial charge in [0.05, 0.1) is 24.3 Å². The lowest BCUT2D eigenvalue weighted by Crippen LogP contribution is -2.31. The summed E-state index contributed by atoms with van der Waals surface area (Å²) in [4.78, 5) is 27.8. The van der Waals surface area contributed by atoms with Crippen LogP contribution in [0.4, 0.5) is 5.69 Å². The fraction of sp³-hybridized carbons (Fsp3) is 0.0833. The fourth-order valence-corrected chi connectivity index (χ4v) is 3.76. The third kappa shape index (κ3) is 4.29. The minimum absolute atomic E-state index is 0.171. The van der Waals surface area contributed by atoms with E-state index < -0.39 is 5.91 Å². The number of carbonyl (C=O) groups excluding carboxylic acids is 2. The second-order valence-corrected chi connectivity index (χ2v) is 7.76. The van der Waals surface area contributed by atoms with Crippen molar-refractivity contribution in [2.45, 2.75) is 6.54 Å². The Morgan fingerprint density at radius 1 is 0.903 bits per heavy atom. The first-order chi connectivity index (χ1) is 15.0. The van der Waals surface area contributed by atoms with E-state index in [1.165, 1.54) is 12.0 Å². The molecule has 4 rings (SSSR count). The molecule has 0 spiro atoms. The summed E-state index contributed by atoms with van der Waals surface area (Å²) in [6.07, 6.45) is 0. The fourth-order valence-electron chi connectivity index (χ4n) is 3.37. The Labute approximate surface area is 189 Å². The summed E-state index contributed by atoms with van der Waals surface area (Å²) in [6.45, 7) is 0.171. The van der Waals surface area contributed by atoms with Gasteiger partial charge in [0.1, 0.15) is 11.4 Å². The molecule has 0 saturated heterocycles. The van der Waals surface area contributed by atoms with Gasteiger partial charge in [-0.1, -0.05) is 65.7 Å². The molecule has 3 aromatic rings. The van der Waals surface area contributed by atoms with Crippen molar-refractivity contribution in [2.75, 3.05) is 12.4 Å². The Kier molecular flexibility index (Phi) is 5.98. The minimum Gasteiger partial charge on any atom is -0.495 e. The molecule has 2 amide bonds. The molecule has 0 fully saturated rings. The number of benzene rings is 3. The number of rotatable bonds is 6. The normalized spacial score (nSPS) is 13.7. The number of hydrogen-bond acceptors (Lipinski definition) is 4. The van der Waals surface area contributed by atoms with Crippen LogP contribution < -0.4 is 10.1 Å². The highest BCUT2D eigenvalue weighted by molar-refractivity contribution is 6.37. The number of anilines is 1. The monoisotopic (exact) mass is 452 g/mol. The molecule has 7 heteroatoms. The van der Waals surface area contributed by atoms with Crippen molar-refractivity contribution in [3.63, 3.8) is 0 Å². The summed E-state index contributed by atoms with van der Waals surface area (Å²) < 4.78 is 5.18. The van der Waals surface area contributed by atoms with Crippen LogP contribution >= 0.6 is 23.2 Å². The summed E-state index contributed by atoms with van der Waals surface area (Å²) >= 11 is 12.2. The van der Waals surface area contributed by atoms with E-state index in [1.807, 2.05) is 30.3 Å². The Bertz CT molecular complexity index is 1180. The van der Waals surface area contributed by atoms with Gasteiger partial charge in [0.25, 0.3) is 11.8 Å². The van der Waals surface area contributed by atoms with Gasteiger partial charge in [-0.15, -0.1) is 0 Å². The first-order valence-corrected chi connectivity index (χ1v) is 10.2. The third-order valence-electron chi connectivity index (χ3n) is 4.91. The zero-order valence-corrected chi connectivity index (χ0v) is 18.1. The molecule has 0 aliphatic carbocycles. The van der Waals surface area contributed by atoms with Crippen LogP contribution in [-0.4, -0.2) is 23.8 Å². The number of imide groups is 1. The number of halogens is 2. The molecule has 1 heterocycles.